The Morgan fingerprint density at radius 2 is 1.69 bits per heavy atom. The van der Waals surface area contributed by atoms with Gasteiger partial charge in [0.1, 0.15) is 13.2 Å². The van der Waals surface area contributed by atoms with Gasteiger partial charge in [0.05, 0.1) is 18.0 Å². The van der Waals surface area contributed by atoms with Gasteiger partial charge in [-0.25, -0.2) is 8.42 Å². The lowest BCUT2D eigenvalue weighted by Gasteiger charge is -2.25. The van der Waals surface area contributed by atoms with Crippen molar-refractivity contribution in [2.75, 3.05) is 30.3 Å². The van der Waals surface area contributed by atoms with Crippen LogP contribution in [0.1, 0.15) is 48.1 Å². The lowest BCUT2D eigenvalue weighted by atomic mass is 9.96. The van der Waals surface area contributed by atoms with Gasteiger partial charge in [-0.05, 0) is 68.5 Å². The van der Waals surface area contributed by atoms with Gasteiger partial charge in [-0.2, -0.15) is 0 Å². The minimum Gasteiger partial charge on any atom is -0.486 e. The molecule has 0 aromatic heterocycles. The fourth-order valence-electron chi connectivity index (χ4n) is 3.90. The summed E-state index contributed by atoms with van der Waals surface area (Å²) < 4.78 is 37.2. The van der Waals surface area contributed by atoms with Gasteiger partial charge in [-0.15, -0.1) is 0 Å². The highest BCUT2D eigenvalue weighted by Crippen LogP contribution is 2.34. The Kier molecular flexibility index (Phi) is 7.33. The molecule has 3 rings (SSSR count). The van der Waals surface area contributed by atoms with Crippen molar-refractivity contribution < 1.29 is 22.7 Å². The monoisotopic (exact) mass is 460 g/mol. The van der Waals surface area contributed by atoms with Crippen LogP contribution in [0.15, 0.2) is 30.3 Å². The maximum Gasteiger partial charge on any atom is 0.232 e. The third kappa shape index (κ3) is 5.73. The molecule has 1 atom stereocenters. The number of hydrogen-bond acceptors (Lipinski definition) is 5. The Labute approximate surface area is 190 Å². The molecule has 0 bridgehead atoms. The second-order valence-corrected chi connectivity index (χ2v) is 10.3. The highest BCUT2D eigenvalue weighted by atomic mass is 32.2. The van der Waals surface area contributed by atoms with Gasteiger partial charge in [0.25, 0.3) is 0 Å². The molecule has 0 spiro atoms. The summed E-state index contributed by atoms with van der Waals surface area (Å²) in [6.45, 7) is 9.23. The number of amides is 1. The molecule has 1 N–H and O–H groups in total. The first kappa shape index (κ1) is 23.9. The number of fused-ring (bicyclic) bond motifs is 1. The topological polar surface area (TPSA) is 84.9 Å². The number of carbonyl (C=O) groups is 1. The fraction of sp³-hybridized carbons (Fsp3) is 0.458. The highest BCUT2D eigenvalue weighted by Gasteiger charge is 2.21. The average Bonchev–Trinajstić information content (AvgIpc) is 2.72. The van der Waals surface area contributed by atoms with Crippen LogP contribution in [0.25, 0.3) is 0 Å². The number of aryl methyl sites for hydroxylation is 3. The van der Waals surface area contributed by atoms with E-state index in [-0.39, 0.29) is 24.9 Å². The molecule has 2 aromatic carbocycles. The largest absolute Gasteiger partial charge is 0.486 e. The van der Waals surface area contributed by atoms with E-state index in [1.54, 1.807) is 18.2 Å². The van der Waals surface area contributed by atoms with Crippen molar-refractivity contribution in [1.29, 1.82) is 0 Å². The van der Waals surface area contributed by atoms with E-state index in [4.69, 9.17) is 9.47 Å². The molecule has 0 saturated carbocycles. The van der Waals surface area contributed by atoms with E-state index in [1.165, 1.54) is 15.4 Å². The second kappa shape index (κ2) is 9.81. The van der Waals surface area contributed by atoms with Crippen molar-refractivity contribution in [2.45, 2.75) is 46.6 Å². The average molecular weight is 461 g/mol. The van der Waals surface area contributed by atoms with Crippen LogP contribution >= 0.6 is 0 Å². The molecule has 0 saturated heterocycles. The number of nitrogens with one attached hydrogen (secondary N) is 1. The van der Waals surface area contributed by atoms with Gasteiger partial charge in [-0.1, -0.05) is 12.1 Å². The molecule has 0 unspecified atom stereocenters. The molecular weight excluding hydrogens is 428 g/mol. The minimum absolute atomic E-state index is 0.106. The molecule has 7 nitrogen and oxygen atoms in total. The molecule has 1 heterocycles. The van der Waals surface area contributed by atoms with Crippen LogP contribution in [0, 0.1) is 20.8 Å². The van der Waals surface area contributed by atoms with Crippen LogP contribution < -0.4 is 19.1 Å². The molecule has 1 aliphatic heterocycles. The van der Waals surface area contributed by atoms with Crippen molar-refractivity contribution in [3.63, 3.8) is 0 Å². The summed E-state index contributed by atoms with van der Waals surface area (Å²) in [5.74, 6) is 1.02. The summed E-state index contributed by atoms with van der Waals surface area (Å²) >= 11 is 0. The van der Waals surface area contributed by atoms with Gasteiger partial charge in [0.2, 0.25) is 15.9 Å². The molecule has 2 aromatic rings. The van der Waals surface area contributed by atoms with Gasteiger partial charge < -0.3 is 14.8 Å². The van der Waals surface area contributed by atoms with E-state index in [2.05, 4.69) is 31.3 Å². The number of nitrogens with zero attached hydrogens (tertiary/aromatic N) is 1. The van der Waals surface area contributed by atoms with Crippen molar-refractivity contribution in [3.8, 4) is 11.5 Å². The number of hydrogen-bond donors (Lipinski definition) is 1. The maximum absolute atomic E-state index is 12.5. The van der Waals surface area contributed by atoms with Crippen molar-refractivity contribution >= 4 is 21.6 Å². The summed E-state index contributed by atoms with van der Waals surface area (Å²) in [7, 11) is -3.52. The van der Waals surface area contributed by atoms with Gasteiger partial charge in [0, 0.05) is 19.0 Å². The van der Waals surface area contributed by atoms with Crippen LogP contribution in [-0.2, 0) is 14.8 Å². The molecule has 0 aliphatic carbocycles. The molecular formula is C24H32N2O5S. The number of sulfonamides is 1. The predicted octanol–water partition coefficient (Wildman–Crippen LogP) is 3.81. The molecule has 0 fully saturated rings. The lowest BCUT2D eigenvalue weighted by molar-refractivity contribution is -0.121. The zero-order chi connectivity index (χ0) is 23.5. The quantitative estimate of drug-likeness (QED) is 0.648. The second-order valence-electron chi connectivity index (χ2n) is 8.35. The van der Waals surface area contributed by atoms with E-state index in [9.17, 15) is 13.2 Å². The van der Waals surface area contributed by atoms with E-state index in [1.807, 2.05) is 13.8 Å². The fourth-order valence-corrected chi connectivity index (χ4v) is 4.85. The Hall–Kier alpha value is -2.74. The first-order chi connectivity index (χ1) is 15.1. The van der Waals surface area contributed by atoms with Crippen LogP contribution in [0.2, 0.25) is 0 Å². The van der Waals surface area contributed by atoms with Gasteiger partial charge >= 0.3 is 0 Å². The Balaban J connectivity index is 1.61. The van der Waals surface area contributed by atoms with Crippen LogP contribution in [-0.4, -0.2) is 40.3 Å². The lowest BCUT2D eigenvalue weighted by Crippen LogP contribution is -2.32. The Morgan fingerprint density at radius 1 is 1.03 bits per heavy atom. The maximum atomic E-state index is 12.5. The predicted molar refractivity (Wildman–Crippen MR) is 126 cm³/mol. The standard InChI is InChI=1S/C24H32N2O5S/c1-16-13-18(3)21(14-17(16)2)19(4)25-24(27)7-6-10-26(32(5,28)29)20-8-9-22-23(15-20)31-12-11-30-22/h8-9,13-15,19H,6-7,10-12H2,1-5H3,(H,25,27)/t19-/m0/s1. The smallest absolute Gasteiger partial charge is 0.232 e. The van der Waals surface area contributed by atoms with E-state index < -0.39 is 10.0 Å². The third-order valence-corrected chi connectivity index (χ3v) is 6.90. The molecule has 1 aliphatic rings. The molecule has 0 radical (unpaired) electrons. The first-order valence-corrected chi connectivity index (χ1v) is 12.7. The van der Waals surface area contributed by atoms with Gasteiger partial charge in [-0.3, -0.25) is 9.10 Å². The number of rotatable bonds is 8. The minimum atomic E-state index is -3.52. The summed E-state index contributed by atoms with van der Waals surface area (Å²) in [4.78, 5) is 12.5. The first-order valence-electron chi connectivity index (χ1n) is 10.8. The molecule has 32 heavy (non-hydrogen) atoms. The normalized spacial score (nSPS) is 14.0. The van der Waals surface area contributed by atoms with Crippen LogP contribution in [0.3, 0.4) is 0 Å². The number of ether oxygens (including phenoxy) is 2. The number of carbonyl (C=O) groups excluding carboxylic acids is 1. The summed E-state index contributed by atoms with van der Waals surface area (Å²) in [6.07, 6.45) is 1.78. The summed E-state index contributed by atoms with van der Waals surface area (Å²) in [5, 5.41) is 3.03. The number of anilines is 1. The molecule has 8 heteroatoms. The highest BCUT2D eigenvalue weighted by molar-refractivity contribution is 7.92. The summed E-state index contributed by atoms with van der Waals surface area (Å²) in [5.41, 5.74) is 5.15. The molecule has 174 valence electrons. The third-order valence-electron chi connectivity index (χ3n) is 5.71. The summed E-state index contributed by atoms with van der Waals surface area (Å²) in [6, 6.07) is 9.19. The van der Waals surface area contributed by atoms with Crippen molar-refractivity contribution in [3.05, 3.63) is 52.6 Å². The molecule has 1 amide bonds. The van der Waals surface area contributed by atoms with E-state index >= 15 is 0 Å². The SMILES string of the molecule is Cc1cc(C)c([C@H](C)NC(=O)CCCN(c2ccc3c(c2)OCCO3)S(C)(=O)=O)cc1C. The van der Waals surface area contributed by atoms with Crippen molar-refractivity contribution in [1.82, 2.24) is 5.32 Å². The van der Waals surface area contributed by atoms with Crippen molar-refractivity contribution in [2.24, 2.45) is 0 Å². The van der Waals surface area contributed by atoms with Crippen LogP contribution in [0.5, 0.6) is 11.5 Å². The van der Waals surface area contributed by atoms with Gasteiger partial charge in [0.15, 0.2) is 11.5 Å². The van der Waals surface area contributed by atoms with Crippen LogP contribution in [0.4, 0.5) is 5.69 Å². The van der Waals surface area contributed by atoms with E-state index in [0.29, 0.717) is 36.8 Å². The Morgan fingerprint density at radius 3 is 2.38 bits per heavy atom. The van der Waals surface area contributed by atoms with E-state index in [0.717, 1.165) is 17.4 Å². The number of benzene rings is 2. The Bertz CT molecular complexity index is 1100. The zero-order valence-electron chi connectivity index (χ0n) is 19.4. The zero-order valence-corrected chi connectivity index (χ0v) is 20.2.